The van der Waals surface area contributed by atoms with E-state index in [1.165, 1.54) is 27.7 Å². The molecule has 1 atom stereocenters. The molecule has 3 aliphatic rings. The monoisotopic (exact) mass is 429 g/mol. The molecule has 1 aromatic heterocycles. The maximum Gasteiger partial charge on any atom is 0.271 e. The number of hydrogen-bond acceptors (Lipinski definition) is 4. The lowest BCUT2D eigenvalue weighted by Crippen LogP contribution is -2.40. The van der Waals surface area contributed by atoms with Gasteiger partial charge in [-0.3, -0.25) is 4.79 Å². The Bertz CT molecular complexity index is 1040. The molecule has 1 saturated heterocycles. The molecule has 5 rings (SSSR count). The van der Waals surface area contributed by atoms with E-state index in [4.69, 9.17) is 4.74 Å². The standard InChI is InChI=1S/C22H27N3O4S/c26-22(20-14-18(15-23-20)30(27,28)24-10-12-29-13-11-24)25(17-8-9-17)21-7-3-5-16-4-1-2-6-19(16)21/h1-2,4,6,14-15,17,21,23H,3,5,7-13H2. The van der Waals surface area contributed by atoms with Gasteiger partial charge in [-0.25, -0.2) is 8.42 Å². The van der Waals surface area contributed by atoms with Crippen molar-refractivity contribution in [2.75, 3.05) is 26.3 Å². The quantitative estimate of drug-likeness (QED) is 0.792. The van der Waals surface area contributed by atoms with Crippen LogP contribution in [-0.4, -0.2) is 60.9 Å². The highest BCUT2D eigenvalue weighted by Gasteiger charge is 2.40. The fourth-order valence-corrected chi connectivity index (χ4v) is 6.06. The van der Waals surface area contributed by atoms with Gasteiger partial charge in [0.05, 0.1) is 19.3 Å². The molecule has 30 heavy (non-hydrogen) atoms. The number of aromatic amines is 1. The zero-order valence-corrected chi connectivity index (χ0v) is 17.7. The molecule has 1 unspecified atom stereocenters. The number of ether oxygens (including phenoxy) is 1. The summed E-state index contributed by atoms with van der Waals surface area (Å²) in [5.74, 6) is -0.109. The first-order chi connectivity index (χ1) is 14.6. The fourth-order valence-electron chi connectivity index (χ4n) is 4.65. The van der Waals surface area contributed by atoms with E-state index >= 15 is 0 Å². The summed E-state index contributed by atoms with van der Waals surface area (Å²) in [5.41, 5.74) is 2.89. The second-order valence-electron chi connectivity index (χ2n) is 8.32. The molecule has 7 nitrogen and oxygen atoms in total. The minimum atomic E-state index is -3.63. The van der Waals surface area contributed by atoms with Gasteiger partial charge in [-0.1, -0.05) is 24.3 Å². The first-order valence-electron chi connectivity index (χ1n) is 10.7. The Hall–Kier alpha value is -2.16. The summed E-state index contributed by atoms with van der Waals surface area (Å²) in [6.45, 7) is 1.46. The van der Waals surface area contributed by atoms with Crippen LogP contribution in [0.5, 0.6) is 0 Å². The number of H-pyrrole nitrogens is 1. The van der Waals surface area contributed by atoms with Crippen molar-refractivity contribution in [2.24, 2.45) is 0 Å². The molecule has 1 amide bonds. The smallest absolute Gasteiger partial charge is 0.271 e. The van der Waals surface area contributed by atoms with E-state index in [0.717, 1.165) is 32.1 Å². The maximum absolute atomic E-state index is 13.5. The number of benzene rings is 1. The second-order valence-corrected chi connectivity index (χ2v) is 10.3. The van der Waals surface area contributed by atoms with Crippen molar-refractivity contribution in [1.29, 1.82) is 0 Å². The van der Waals surface area contributed by atoms with Gasteiger partial charge in [0.25, 0.3) is 5.91 Å². The number of sulfonamides is 1. The Morgan fingerprint density at radius 2 is 1.90 bits per heavy atom. The number of morpholine rings is 1. The number of carbonyl (C=O) groups excluding carboxylic acids is 1. The van der Waals surface area contributed by atoms with Crippen LogP contribution >= 0.6 is 0 Å². The molecule has 1 aromatic carbocycles. The van der Waals surface area contributed by atoms with Crippen LogP contribution in [0.4, 0.5) is 0 Å². The number of nitrogens with zero attached hydrogens (tertiary/aromatic N) is 2. The van der Waals surface area contributed by atoms with Crippen molar-refractivity contribution >= 4 is 15.9 Å². The highest BCUT2D eigenvalue weighted by Crippen LogP contribution is 2.41. The van der Waals surface area contributed by atoms with Gasteiger partial charge in [0.15, 0.2) is 0 Å². The van der Waals surface area contributed by atoms with E-state index in [-0.39, 0.29) is 22.9 Å². The van der Waals surface area contributed by atoms with Crippen LogP contribution in [0.1, 0.15) is 53.3 Å². The van der Waals surface area contributed by atoms with Crippen LogP contribution in [0.25, 0.3) is 0 Å². The lowest BCUT2D eigenvalue weighted by molar-refractivity contribution is 0.0632. The van der Waals surface area contributed by atoms with E-state index < -0.39 is 10.0 Å². The Labute approximate surface area is 177 Å². The first-order valence-corrected chi connectivity index (χ1v) is 12.2. The molecule has 1 N–H and O–H groups in total. The Kier molecular flexibility index (Phi) is 5.16. The Morgan fingerprint density at radius 1 is 1.13 bits per heavy atom. The van der Waals surface area contributed by atoms with E-state index in [0.29, 0.717) is 32.0 Å². The Morgan fingerprint density at radius 3 is 2.67 bits per heavy atom. The first kappa shape index (κ1) is 19.8. The van der Waals surface area contributed by atoms with Gasteiger partial charge in [-0.05, 0) is 49.3 Å². The van der Waals surface area contributed by atoms with Crippen LogP contribution in [0.3, 0.4) is 0 Å². The van der Waals surface area contributed by atoms with Gasteiger partial charge in [0.2, 0.25) is 10.0 Å². The lowest BCUT2D eigenvalue weighted by Gasteiger charge is -2.36. The highest BCUT2D eigenvalue weighted by molar-refractivity contribution is 7.89. The second kappa shape index (κ2) is 7.83. The number of nitrogens with one attached hydrogen (secondary N) is 1. The number of amides is 1. The summed E-state index contributed by atoms with van der Waals surface area (Å²) in [4.78, 5) is 18.6. The van der Waals surface area contributed by atoms with Crippen LogP contribution in [0.2, 0.25) is 0 Å². The van der Waals surface area contributed by atoms with E-state index in [1.807, 2.05) is 11.0 Å². The topological polar surface area (TPSA) is 82.7 Å². The summed E-state index contributed by atoms with van der Waals surface area (Å²) in [6, 6.07) is 10.2. The van der Waals surface area contributed by atoms with Crippen LogP contribution in [-0.2, 0) is 21.2 Å². The third kappa shape index (κ3) is 3.57. The third-order valence-corrected chi connectivity index (χ3v) is 8.22. The summed E-state index contributed by atoms with van der Waals surface area (Å²) in [7, 11) is -3.63. The molecule has 2 aliphatic carbocycles. The number of hydrogen-bond donors (Lipinski definition) is 1. The minimum absolute atomic E-state index is 0.0533. The molecule has 2 aromatic rings. The predicted octanol–water partition coefficient (Wildman–Crippen LogP) is 2.72. The minimum Gasteiger partial charge on any atom is -0.379 e. The molecule has 2 fully saturated rings. The van der Waals surface area contributed by atoms with Gasteiger partial charge in [-0.15, -0.1) is 0 Å². The van der Waals surface area contributed by atoms with Crippen LogP contribution in [0, 0.1) is 0 Å². The van der Waals surface area contributed by atoms with E-state index in [1.54, 1.807) is 0 Å². The summed E-state index contributed by atoms with van der Waals surface area (Å²) >= 11 is 0. The molecular formula is C22H27N3O4S. The van der Waals surface area contributed by atoms with Gasteiger partial charge in [-0.2, -0.15) is 4.31 Å². The SMILES string of the molecule is O=C(c1cc(S(=O)(=O)N2CCOCC2)c[nH]1)N(C1CC1)C1CCCc2ccccc21. The molecule has 2 heterocycles. The van der Waals surface area contributed by atoms with Crippen molar-refractivity contribution < 1.29 is 17.9 Å². The molecule has 1 saturated carbocycles. The van der Waals surface area contributed by atoms with Crippen LogP contribution < -0.4 is 0 Å². The highest BCUT2D eigenvalue weighted by atomic mass is 32.2. The number of aryl methyl sites for hydroxylation is 1. The summed E-state index contributed by atoms with van der Waals surface area (Å²) < 4.78 is 32.5. The van der Waals surface area contributed by atoms with Crippen molar-refractivity contribution in [3.05, 3.63) is 53.3 Å². The van der Waals surface area contributed by atoms with Gasteiger partial charge >= 0.3 is 0 Å². The summed E-state index contributed by atoms with van der Waals surface area (Å²) in [6.07, 6.45) is 6.49. The summed E-state index contributed by atoms with van der Waals surface area (Å²) in [5, 5.41) is 0. The number of fused-ring (bicyclic) bond motifs is 1. The largest absolute Gasteiger partial charge is 0.379 e. The average molecular weight is 430 g/mol. The molecule has 160 valence electrons. The Balaban J connectivity index is 1.43. The normalized spacial score (nSPS) is 22.5. The number of aromatic nitrogens is 1. The third-order valence-electron chi connectivity index (χ3n) is 6.34. The molecule has 0 bridgehead atoms. The zero-order chi connectivity index (χ0) is 20.7. The van der Waals surface area contributed by atoms with Gasteiger partial charge in [0, 0.05) is 25.3 Å². The average Bonchev–Trinajstić information content (AvgIpc) is 3.48. The van der Waals surface area contributed by atoms with Crippen molar-refractivity contribution in [3.8, 4) is 0 Å². The van der Waals surface area contributed by atoms with Gasteiger partial charge in [0.1, 0.15) is 10.6 Å². The van der Waals surface area contributed by atoms with E-state index in [9.17, 15) is 13.2 Å². The lowest BCUT2D eigenvalue weighted by atomic mass is 9.86. The zero-order valence-electron chi connectivity index (χ0n) is 16.9. The molecular weight excluding hydrogens is 402 g/mol. The predicted molar refractivity (Wildman–Crippen MR) is 112 cm³/mol. The van der Waals surface area contributed by atoms with Crippen LogP contribution in [0.15, 0.2) is 41.4 Å². The number of rotatable bonds is 5. The van der Waals surface area contributed by atoms with Crippen molar-refractivity contribution in [2.45, 2.75) is 49.1 Å². The van der Waals surface area contributed by atoms with Crippen molar-refractivity contribution in [3.63, 3.8) is 0 Å². The molecule has 0 spiro atoms. The fraction of sp³-hybridized carbons (Fsp3) is 0.500. The maximum atomic E-state index is 13.5. The van der Waals surface area contributed by atoms with E-state index in [2.05, 4.69) is 23.2 Å². The number of carbonyl (C=O) groups is 1. The molecule has 1 aliphatic heterocycles. The molecule has 0 radical (unpaired) electrons. The van der Waals surface area contributed by atoms with Gasteiger partial charge < -0.3 is 14.6 Å². The molecule has 8 heteroatoms. The van der Waals surface area contributed by atoms with Crippen molar-refractivity contribution in [1.82, 2.24) is 14.2 Å².